The lowest BCUT2D eigenvalue weighted by Crippen LogP contribution is -1.98. The maximum Gasteiger partial charge on any atom is 0.361 e. The summed E-state index contributed by atoms with van der Waals surface area (Å²) in [7, 11) is 0. The Labute approximate surface area is 110 Å². The van der Waals surface area contributed by atoms with Crippen LogP contribution in [0.15, 0.2) is 54.6 Å². The number of hydrogen-bond donors (Lipinski definition) is 0. The van der Waals surface area contributed by atoms with Crippen LogP contribution in [-0.4, -0.2) is 20.2 Å². The highest BCUT2D eigenvalue weighted by atomic mass is 16.5. The average molecular weight is 252 g/mol. The van der Waals surface area contributed by atoms with Crippen LogP contribution in [0.1, 0.15) is 5.56 Å². The van der Waals surface area contributed by atoms with Crippen molar-refractivity contribution in [2.45, 2.75) is 6.92 Å². The molecule has 0 aliphatic carbocycles. The van der Waals surface area contributed by atoms with Gasteiger partial charge in [0.1, 0.15) is 5.75 Å². The van der Waals surface area contributed by atoms with Crippen molar-refractivity contribution in [1.29, 1.82) is 0 Å². The van der Waals surface area contributed by atoms with Gasteiger partial charge in [-0.2, -0.15) is 0 Å². The molecule has 0 saturated heterocycles. The molecular weight excluding hydrogens is 240 g/mol. The molecule has 0 bridgehead atoms. The molecule has 0 N–H and O–H groups in total. The number of tetrazole rings is 1. The van der Waals surface area contributed by atoms with E-state index < -0.39 is 0 Å². The molecule has 0 aliphatic rings. The molecule has 0 spiro atoms. The summed E-state index contributed by atoms with van der Waals surface area (Å²) in [5, 5.41) is 12.0. The highest BCUT2D eigenvalue weighted by Crippen LogP contribution is 2.18. The Bertz CT molecular complexity index is 679. The lowest BCUT2D eigenvalue weighted by Gasteiger charge is -2.00. The molecule has 5 heteroatoms. The molecule has 94 valence electrons. The fraction of sp³-hybridized carbons (Fsp3) is 0.0714. The summed E-state index contributed by atoms with van der Waals surface area (Å²) in [5.74, 6) is 0.701. The van der Waals surface area contributed by atoms with Crippen molar-refractivity contribution in [2.75, 3.05) is 0 Å². The normalized spacial score (nSPS) is 10.4. The third-order valence-corrected chi connectivity index (χ3v) is 2.58. The van der Waals surface area contributed by atoms with E-state index in [0.717, 1.165) is 11.3 Å². The van der Waals surface area contributed by atoms with Crippen LogP contribution in [0, 0.1) is 6.92 Å². The Balaban J connectivity index is 1.82. The van der Waals surface area contributed by atoms with Gasteiger partial charge in [0.15, 0.2) is 0 Å². The quantitative estimate of drug-likeness (QED) is 0.719. The molecule has 0 fully saturated rings. The number of nitrogens with zero attached hydrogens (tertiary/aromatic N) is 4. The third-order valence-electron chi connectivity index (χ3n) is 2.58. The van der Waals surface area contributed by atoms with Gasteiger partial charge in [-0.15, -0.1) is 4.80 Å². The molecule has 1 heterocycles. The van der Waals surface area contributed by atoms with Crippen LogP contribution < -0.4 is 4.74 Å². The smallest absolute Gasteiger partial charge is 0.361 e. The standard InChI is InChI=1S/C14H12N4O/c1-11-6-5-9-13(10-11)19-14-15-17-18(16-14)12-7-3-2-4-8-12/h2-10H,1H3. The van der Waals surface area contributed by atoms with Gasteiger partial charge in [-0.1, -0.05) is 40.5 Å². The van der Waals surface area contributed by atoms with Crippen LogP contribution in [0.25, 0.3) is 5.69 Å². The Kier molecular flexibility index (Phi) is 2.94. The van der Waals surface area contributed by atoms with Crippen LogP contribution in [0.3, 0.4) is 0 Å². The number of ether oxygens (including phenoxy) is 1. The molecule has 3 aromatic rings. The van der Waals surface area contributed by atoms with E-state index in [2.05, 4.69) is 15.4 Å². The summed E-state index contributed by atoms with van der Waals surface area (Å²) in [4.78, 5) is 1.44. The Morgan fingerprint density at radius 1 is 1.00 bits per heavy atom. The molecule has 3 rings (SSSR count). The zero-order valence-corrected chi connectivity index (χ0v) is 10.4. The van der Waals surface area contributed by atoms with Crippen LogP contribution in [0.5, 0.6) is 11.8 Å². The van der Waals surface area contributed by atoms with Crippen LogP contribution in [0.2, 0.25) is 0 Å². The van der Waals surface area contributed by atoms with Crippen molar-refractivity contribution >= 4 is 0 Å². The van der Waals surface area contributed by atoms with Gasteiger partial charge in [-0.05, 0) is 42.0 Å². The van der Waals surface area contributed by atoms with Crippen molar-refractivity contribution in [3.63, 3.8) is 0 Å². The third kappa shape index (κ3) is 2.60. The van der Waals surface area contributed by atoms with Gasteiger partial charge in [-0.25, -0.2) is 0 Å². The van der Waals surface area contributed by atoms with E-state index in [1.54, 1.807) is 0 Å². The second-order valence-corrected chi connectivity index (χ2v) is 4.12. The number of aromatic nitrogens is 4. The zero-order valence-electron chi connectivity index (χ0n) is 10.4. The van der Waals surface area contributed by atoms with E-state index in [-0.39, 0.29) is 6.01 Å². The monoisotopic (exact) mass is 252 g/mol. The Morgan fingerprint density at radius 2 is 1.84 bits per heavy atom. The average Bonchev–Trinajstić information content (AvgIpc) is 2.88. The molecule has 1 aromatic heterocycles. The largest absolute Gasteiger partial charge is 0.422 e. The van der Waals surface area contributed by atoms with Gasteiger partial charge in [-0.3, -0.25) is 0 Å². The fourth-order valence-electron chi connectivity index (χ4n) is 1.70. The fourth-order valence-corrected chi connectivity index (χ4v) is 1.70. The summed E-state index contributed by atoms with van der Waals surface area (Å²) in [6.45, 7) is 2.00. The van der Waals surface area contributed by atoms with Gasteiger partial charge in [0.05, 0.1) is 5.69 Å². The number of para-hydroxylation sites is 1. The van der Waals surface area contributed by atoms with E-state index in [4.69, 9.17) is 4.74 Å². The van der Waals surface area contributed by atoms with Crippen LogP contribution in [0.4, 0.5) is 0 Å². The van der Waals surface area contributed by atoms with E-state index in [1.807, 2.05) is 61.5 Å². The molecule has 0 atom stereocenters. The van der Waals surface area contributed by atoms with E-state index >= 15 is 0 Å². The molecule has 0 radical (unpaired) electrons. The molecular formula is C14H12N4O. The topological polar surface area (TPSA) is 52.8 Å². The van der Waals surface area contributed by atoms with Gasteiger partial charge in [0, 0.05) is 0 Å². The predicted molar refractivity (Wildman–Crippen MR) is 70.4 cm³/mol. The molecule has 0 saturated carbocycles. The van der Waals surface area contributed by atoms with Crippen molar-refractivity contribution in [1.82, 2.24) is 20.2 Å². The van der Waals surface area contributed by atoms with Gasteiger partial charge < -0.3 is 4.74 Å². The lowest BCUT2D eigenvalue weighted by molar-refractivity contribution is 0.440. The summed E-state index contributed by atoms with van der Waals surface area (Å²) < 4.78 is 5.56. The molecule has 5 nitrogen and oxygen atoms in total. The minimum Gasteiger partial charge on any atom is -0.422 e. The Morgan fingerprint density at radius 3 is 2.63 bits per heavy atom. The Hall–Kier alpha value is -2.69. The number of aryl methyl sites for hydroxylation is 1. The van der Waals surface area contributed by atoms with Gasteiger partial charge in [0.25, 0.3) is 0 Å². The van der Waals surface area contributed by atoms with Crippen molar-refractivity contribution < 1.29 is 4.74 Å². The SMILES string of the molecule is Cc1cccc(Oc2nnn(-c3ccccc3)n2)c1. The van der Waals surface area contributed by atoms with Crippen molar-refractivity contribution in [2.24, 2.45) is 0 Å². The molecule has 0 unspecified atom stereocenters. The van der Waals surface area contributed by atoms with E-state index in [1.165, 1.54) is 4.80 Å². The highest BCUT2D eigenvalue weighted by molar-refractivity contribution is 5.30. The minimum atomic E-state index is 0.231. The molecule has 0 aliphatic heterocycles. The first-order valence-electron chi connectivity index (χ1n) is 5.91. The summed E-state index contributed by atoms with van der Waals surface area (Å²) in [5.41, 5.74) is 1.96. The first kappa shape index (κ1) is 11.4. The summed E-state index contributed by atoms with van der Waals surface area (Å²) in [6, 6.07) is 17.5. The zero-order chi connectivity index (χ0) is 13.1. The van der Waals surface area contributed by atoms with Crippen LogP contribution >= 0.6 is 0 Å². The maximum atomic E-state index is 5.56. The predicted octanol–water partition coefficient (Wildman–Crippen LogP) is 2.76. The van der Waals surface area contributed by atoms with Gasteiger partial charge in [0.2, 0.25) is 0 Å². The maximum absolute atomic E-state index is 5.56. The summed E-state index contributed by atoms with van der Waals surface area (Å²) in [6.07, 6.45) is 0. The highest BCUT2D eigenvalue weighted by Gasteiger charge is 2.06. The van der Waals surface area contributed by atoms with Crippen molar-refractivity contribution in [3.8, 4) is 17.4 Å². The minimum absolute atomic E-state index is 0.231. The first-order chi connectivity index (χ1) is 9.31. The summed E-state index contributed by atoms with van der Waals surface area (Å²) >= 11 is 0. The molecule has 0 amide bonds. The van der Waals surface area contributed by atoms with E-state index in [9.17, 15) is 0 Å². The second-order valence-electron chi connectivity index (χ2n) is 4.12. The van der Waals surface area contributed by atoms with Crippen LogP contribution in [-0.2, 0) is 0 Å². The first-order valence-corrected chi connectivity index (χ1v) is 5.91. The molecule has 2 aromatic carbocycles. The lowest BCUT2D eigenvalue weighted by atomic mass is 10.2. The molecule has 19 heavy (non-hydrogen) atoms. The number of hydrogen-bond acceptors (Lipinski definition) is 4. The number of benzene rings is 2. The number of rotatable bonds is 3. The van der Waals surface area contributed by atoms with E-state index in [0.29, 0.717) is 5.75 Å². The van der Waals surface area contributed by atoms with Gasteiger partial charge >= 0.3 is 6.01 Å². The van der Waals surface area contributed by atoms with Crippen molar-refractivity contribution in [3.05, 3.63) is 60.2 Å². The second kappa shape index (κ2) is 4.89.